The van der Waals surface area contributed by atoms with E-state index in [1.807, 2.05) is 6.07 Å². The van der Waals surface area contributed by atoms with E-state index >= 15 is 0 Å². The van der Waals surface area contributed by atoms with Gasteiger partial charge in [0.2, 0.25) is 0 Å². The molecule has 0 radical (unpaired) electrons. The van der Waals surface area contributed by atoms with Gasteiger partial charge in [0.15, 0.2) is 0 Å². The van der Waals surface area contributed by atoms with Crippen molar-refractivity contribution >= 4 is 5.97 Å². The summed E-state index contributed by atoms with van der Waals surface area (Å²) in [5.41, 5.74) is 2.32. The van der Waals surface area contributed by atoms with E-state index in [9.17, 15) is 9.90 Å². The molecule has 2 N–H and O–H groups in total. The van der Waals surface area contributed by atoms with Gasteiger partial charge in [-0.3, -0.25) is 0 Å². The van der Waals surface area contributed by atoms with E-state index in [1.165, 1.54) is 6.07 Å². The van der Waals surface area contributed by atoms with E-state index in [4.69, 9.17) is 5.11 Å². The van der Waals surface area contributed by atoms with E-state index in [1.54, 1.807) is 44.2 Å². The first-order chi connectivity index (χ1) is 9.51. The normalized spacial score (nSPS) is 9.05. The molecule has 0 atom stereocenters. The largest absolute Gasteiger partial charge is 0.507 e. The molecule has 3 heteroatoms. The van der Waals surface area contributed by atoms with Crippen LogP contribution in [0.1, 0.15) is 22.8 Å². The molecule has 0 aliphatic rings. The van der Waals surface area contributed by atoms with Gasteiger partial charge in [-0.25, -0.2) is 4.79 Å². The number of terminal acetylenes is 1. The van der Waals surface area contributed by atoms with Crippen LogP contribution < -0.4 is 0 Å². The van der Waals surface area contributed by atoms with Crippen LogP contribution in [-0.2, 0) is 0 Å². The molecule has 0 heterocycles. The fraction of sp³-hybridized carbons (Fsp3) is 0.118. The number of benzene rings is 2. The van der Waals surface area contributed by atoms with Crippen molar-refractivity contribution in [2.45, 2.75) is 13.8 Å². The molecule has 0 bridgehead atoms. The predicted octanol–water partition coefficient (Wildman–Crippen LogP) is 3.71. The smallest absolute Gasteiger partial charge is 0.335 e. The third-order valence-electron chi connectivity index (χ3n) is 2.66. The number of aromatic hydroxyl groups is 1. The van der Waals surface area contributed by atoms with Crippen molar-refractivity contribution < 1.29 is 15.0 Å². The molecule has 0 unspecified atom stereocenters. The molecule has 2 aromatic rings. The zero-order valence-electron chi connectivity index (χ0n) is 11.4. The maximum atomic E-state index is 10.9. The van der Waals surface area contributed by atoms with Crippen LogP contribution >= 0.6 is 0 Å². The molecule has 20 heavy (non-hydrogen) atoms. The number of hydrogen-bond acceptors (Lipinski definition) is 2. The lowest BCUT2D eigenvalue weighted by Gasteiger charge is -2.07. The van der Waals surface area contributed by atoms with Crippen LogP contribution in [0, 0.1) is 19.3 Å². The van der Waals surface area contributed by atoms with E-state index < -0.39 is 5.97 Å². The summed E-state index contributed by atoms with van der Waals surface area (Å²) in [6.07, 6.45) is 4.60. The van der Waals surface area contributed by atoms with Crippen molar-refractivity contribution in [3.63, 3.8) is 0 Å². The lowest BCUT2D eigenvalue weighted by molar-refractivity contribution is 0.0697. The molecule has 0 saturated heterocycles. The van der Waals surface area contributed by atoms with Gasteiger partial charge in [-0.05, 0) is 37.1 Å². The topological polar surface area (TPSA) is 57.5 Å². The highest BCUT2D eigenvalue weighted by Gasteiger charge is 2.08. The molecular formula is C17H16O3. The first kappa shape index (κ1) is 15.3. The second-order valence-electron chi connectivity index (χ2n) is 4.15. The number of aryl methyl sites for hydroxylation is 1. The van der Waals surface area contributed by atoms with Gasteiger partial charge in [-0.2, -0.15) is 0 Å². The minimum Gasteiger partial charge on any atom is -0.507 e. The Bertz CT molecular complexity index is 652. The average molecular weight is 268 g/mol. The zero-order valence-corrected chi connectivity index (χ0v) is 11.4. The molecule has 0 fully saturated rings. The number of phenolic OH excluding ortho intramolecular Hbond substituents is 1. The molecule has 0 aliphatic carbocycles. The van der Waals surface area contributed by atoms with Gasteiger partial charge >= 0.3 is 5.97 Å². The zero-order chi connectivity index (χ0) is 15.1. The third kappa shape index (κ3) is 3.63. The standard InChI is InChI=1S/C14H12O3.C3H4/c1-9-4-2-7-12(13(9)15)10-5-3-6-11(8-10)14(16)17;1-3-2/h2-8,15H,1H3,(H,16,17);1H,2H3. The Labute approximate surface area is 118 Å². The van der Waals surface area contributed by atoms with Gasteiger partial charge in [0, 0.05) is 5.56 Å². The van der Waals surface area contributed by atoms with Gasteiger partial charge in [0.05, 0.1) is 5.56 Å². The number of para-hydroxylation sites is 1. The Morgan fingerprint density at radius 2 is 1.80 bits per heavy atom. The van der Waals surface area contributed by atoms with E-state index in [0.717, 1.165) is 5.56 Å². The number of aromatic carboxylic acids is 1. The third-order valence-corrected chi connectivity index (χ3v) is 2.66. The molecule has 0 amide bonds. The first-order valence-electron chi connectivity index (χ1n) is 6.01. The summed E-state index contributed by atoms with van der Waals surface area (Å²) in [6, 6.07) is 11.9. The Hall–Kier alpha value is -2.73. The van der Waals surface area contributed by atoms with Crippen LogP contribution in [0.25, 0.3) is 11.1 Å². The van der Waals surface area contributed by atoms with Crippen molar-refractivity contribution in [2.24, 2.45) is 0 Å². The summed E-state index contributed by atoms with van der Waals surface area (Å²) in [5.74, 6) is 1.47. The number of carboxylic acids is 1. The summed E-state index contributed by atoms with van der Waals surface area (Å²) in [4.78, 5) is 10.9. The van der Waals surface area contributed by atoms with Crippen LogP contribution in [0.4, 0.5) is 0 Å². The second-order valence-corrected chi connectivity index (χ2v) is 4.15. The number of carboxylic acid groups (broad SMARTS) is 1. The highest BCUT2D eigenvalue weighted by atomic mass is 16.4. The molecule has 0 aliphatic heterocycles. The Balaban J connectivity index is 0.000000612. The van der Waals surface area contributed by atoms with Crippen LogP contribution in [-0.4, -0.2) is 16.2 Å². The molecule has 0 aromatic heterocycles. The molecule has 0 spiro atoms. The predicted molar refractivity (Wildman–Crippen MR) is 79.7 cm³/mol. The SMILES string of the molecule is C#CC.Cc1cccc(-c2cccc(C(=O)O)c2)c1O. The summed E-state index contributed by atoms with van der Waals surface area (Å²) in [7, 11) is 0. The molecule has 3 nitrogen and oxygen atoms in total. The highest BCUT2D eigenvalue weighted by molar-refractivity contribution is 5.89. The first-order valence-corrected chi connectivity index (χ1v) is 6.01. The molecular weight excluding hydrogens is 252 g/mol. The Morgan fingerprint density at radius 3 is 2.40 bits per heavy atom. The fourth-order valence-electron chi connectivity index (χ4n) is 1.71. The number of rotatable bonds is 2. The summed E-state index contributed by atoms with van der Waals surface area (Å²) in [5, 5.41) is 18.9. The van der Waals surface area contributed by atoms with E-state index in [2.05, 4.69) is 12.3 Å². The average Bonchev–Trinajstić information content (AvgIpc) is 2.43. The van der Waals surface area contributed by atoms with Crippen molar-refractivity contribution in [1.82, 2.24) is 0 Å². The van der Waals surface area contributed by atoms with Crippen molar-refractivity contribution in [2.75, 3.05) is 0 Å². The molecule has 102 valence electrons. The van der Waals surface area contributed by atoms with E-state index in [-0.39, 0.29) is 11.3 Å². The van der Waals surface area contributed by atoms with Gasteiger partial charge in [-0.15, -0.1) is 12.3 Å². The van der Waals surface area contributed by atoms with Crippen LogP contribution in [0.15, 0.2) is 42.5 Å². The molecule has 2 aromatic carbocycles. The van der Waals surface area contributed by atoms with Gasteiger partial charge in [0.1, 0.15) is 5.75 Å². The van der Waals surface area contributed by atoms with Crippen molar-refractivity contribution in [3.05, 3.63) is 53.6 Å². The Morgan fingerprint density at radius 1 is 1.20 bits per heavy atom. The van der Waals surface area contributed by atoms with Gasteiger partial charge in [-0.1, -0.05) is 30.3 Å². The van der Waals surface area contributed by atoms with E-state index in [0.29, 0.717) is 11.1 Å². The monoisotopic (exact) mass is 268 g/mol. The van der Waals surface area contributed by atoms with Crippen LogP contribution in [0.5, 0.6) is 5.75 Å². The van der Waals surface area contributed by atoms with Crippen molar-refractivity contribution in [3.8, 4) is 29.2 Å². The summed E-state index contributed by atoms with van der Waals surface area (Å²) >= 11 is 0. The number of phenols is 1. The minimum atomic E-state index is -0.973. The highest BCUT2D eigenvalue weighted by Crippen LogP contribution is 2.31. The van der Waals surface area contributed by atoms with Crippen LogP contribution in [0.3, 0.4) is 0 Å². The molecule has 0 saturated carbocycles. The van der Waals surface area contributed by atoms with Gasteiger partial charge in [0.25, 0.3) is 0 Å². The van der Waals surface area contributed by atoms with Crippen molar-refractivity contribution in [1.29, 1.82) is 0 Å². The lowest BCUT2D eigenvalue weighted by Crippen LogP contribution is -1.95. The minimum absolute atomic E-state index is 0.190. The van der Waals surface area contributed by atoms with Gasteiger partial charge < -0.3 is 10.2 Å². The second kappa shape index (κ2) is 7.01. The van der Waals surface area contributed by atoms with Crippen LogP contribution in [0.2, 0.25) is 0 Å². The Kier molecular flexibility index (Phi) is 5.37. The fourth-order valence-corrected chi connectivity index (χ4v) is 1.71. The number of carbonyl (C=O) groups is 1. The maximum Gasteiger partial charge on any atom is 0.335 e. The maximum absolute atomic E-state index is 10.9. The lowest BCUT2D eigenvalue weighted by atomic mass is 10.00. The summed E-state index contributed by atoms with van der Waals surface area (Å²) < 4.78 is 0. The summed E-state index contributed by atoms with van der Waals surface area (Å²) in [6.45, 7) is 3.46. The molecule has 2 rings (SSSR count). The quantitative estimate of drug-likeness (QED) is 0.816. The number of hydrogen-bond donors (Lipinski definition) is 2.